The molecule has 1 aromatic carbocycles. The van der Waals surface area contributed by atoms with Crippen LogP contribution in [-0.4, -0.2) is 58.8 Å². The lowest BCUT2D eigenvalue weighted by Gasteiger charge is -2.36. The molecule has 2 N–H and O–H groups in total. The van der Waals surface area contributed by atoms with E-state index < -0.39 is 10.8 Å². The Morgan fingerprint density at radius 2 is 1.83 bits per heavy atom. The van der Waals surface area contributed by atoms with Crippen LogP contribution in [0, 0.1) is 0 Å². The highest BCUT2D eigenvalue weighted by molar-refractivity contribution is 14.0. The van der Waals surface area contributed by atoms with Gasteiger partial charge in [0.2, 0.25) is 0 Å². The summed E-state index contributed by atoms with van der Waals surface area (Å²) in [4.78, 5) is 8.94. The number of anilines is 1. The molecule has 1 aromatic rings. The number of aliphatic imine (C=N–C) groups is 1. The molecular formula is C16H24ClIN4OS. The maximum absolute atomic E-state index is 11.7. The first-order chi connectivity index (χ1) is 11.0. The fraction of sp³-hybridized carbons (Fsp3) is 0.562. The number of piperazine rings is 1. The Balaban J connectivity index is 0.00000208. The van der Waals surface area contributed by atoms with Crippen molar-refractivity contribution in [2.75, 3.05) is 43.9 Å². The van der Waals surface area contributed by atoms with Gasteiger partial charge in [-0.25, -0.2) is 0 Å². The van der Waals surface area contributed by atoms with E-state index in [0.717, 1.165) is 44.0 Å². The first-order valence-electron chi connectivity index (χ1n) is 7.89. The molecule has 5 nitrogen and oxygen atoms in total. The fourth-order valence-electron chi connectivity index (χ4n) is 2.85. The lowest BCUT2D eigenvalue weighted by molar-refractivity contribution is 0.380. The predicted molar refractivity (Wildman–Crippen MR) is 113 cm³/mol. The number of guanidine groups is 1. The summed E-state index contributed by atoms with van der Waals surface area (Å²) in [5, 5.41) is 0.756. The topological polar surface area (TPSA) is 61.9 Å². The van der Waals surface area contributed by atoms with Gasteiger partial charge >= 0.3 is 0 Å². The van der Waals surface area contributed by atoms with Gasteiger partial charge < -0.3 is 15.5 Å². The van der Waals surface area contributed by atoms with Crippen molar-refractivity contribution in [1.82, 2.24) is 4.90 Å². The number of nitrogens with two attached hydrogens (primary N) is 1. The van der Waals surface area contributed by atoms with Crippen LogP contribution in [0.2, 0.25) is 5.02 Å². The van der Waals surface area contributed by atoms with Crippen molar-refractivity contribution in [2.24, 2.45) is 10.7 Å². The maximum Gasteiger partial charge on any atom is 0.191 e. The van der Waals surface area contributed by atoms with Gasteiger partial charge in [0, 0.05) is 53.9 Å². The molecule has 1 atom stereocenters. The van der Waals surface area contributed by atoms with E-state index in [2.05, 4.69) is 14.8 Å². The molecule has 1 aliphatic carbocycles. The molecule has 1 unspecified atom stereocenters. The van der Waals surface area contributed by atoms with Crippen LogP contribution in [0.15, 0.2) is 29.3 Å². The normalized spacial score (nSPS) is 21.2. The van der Waals surface area contributed by atoms with Gasteiger partial charge in [-0.3, -0.25) is 9.20 Å². The number of nitrogens with zero attached hydrogens (tertiary/aromatic N) is 3. The third kappa shape index (κ3) is 4.54. The molecule has 24 heavy (non-hydrogen) atoms. The average molecular weight is 483 g/mol. The Labute approximate surface area is 168 Å². The number of benzene rings is 1. The minimum atomic E-state index is -0.819. The third-order valence-corrected chi connectivity index (χ3v) is 6.75. The van der Waals surface area contributed by atoms with E-state index >= 15 is 0 Å². The summed E-state index contributed by atoms with van der Waals surface area (Å²) in [7, 11) is -0.819. The Bertz CT molecular complexity index is 613. The Morgan fingerprint density at radius 3 is 2.33 bits per heavy atom. The highest BCUT2D eigenvalue weighted by Gasteiger charge is 2.46. The molecule has 0 amide bonds. The standard InChI is InChI=1S/C16H23ClN4OS.HI/c1-23(22)16(6-7-16)12-19-15(18)21-10-8-20(9-11-21)14-4-2-13(17)3-5-14;/h2-5H,6-12H2,1H3,(H2,18,19);1H. The Kier molecular flexibility index (Phi) is 6.78. The largest absolute Gasteiger partial charge is 0.370 e. The average Bonchev–Trinajstić information content (AvgIpc) is 3.35. The molecule has 0 aromatic heterocycles. The van der Waals surface area contributed by atoms with Crippen molar-refractivity contribution >= 4 is 58.0 Å². The van der Waals surface area contributed by atoms with Crippen LogP contribution in [0.4, 0.5) is 5.69 Å². The molecule has 2 aliphatic rings. The van der Waals surface area contributed by atoms with Gasteiger partial charge in [0.25, 0.3) is 0 Å². The smallest absolute Gasteiger partial charge is 0.191 e. The van der Waals surface area contributed by atoms with Crippen LogP contribution >= 0.6 is 35.6 Å². The van der Waals surface area contributed by atoms with Crippen LogP contribution in [0.1, 0.15) is 12.8 Å². The van der Waals surface area contributed by atoms with Crippen LogP contribution < -0.4 is 10.6 Å². The van der Waals surface area contributed by atoms with Gasteiger partial charge in [-0.05, 0) is 37.1 Å². The van der Waals surface area contributed by atoms with Crippen molar-refractivity contribution < 1.29 is 4.21 Å². The van der Waals surface area contributed by atoms with Crippen molar-refractivity contribution in [3.63, 3.8) is 0 Å². The highest BCUT2D eigenvalue weighted by Crippen LogP contribution is 2.41. The SMILES string of the molecule is CS(=O)C1(CN=C(N)N2CCN(c3ccc(Cl)cc3)CC2)CC1.I. The van der Waals surface area contributed by atoms with Gasteiger partial charge in [0.05, 0.1) is 11.3 Å². The third-order valence-electron chi connectivity index (χ3n) is 4.74. The second-order valence-corrected chi connectivity index (χ2v) is 8.47. The molecule has 2 fully saturated rings. The molecule has 134 valence electrons. The summed E-state index contributed by atoms with van der Waals surface area (Å²) in [6.07, 6.45) is 3.76. The van der Waals surface area contributed by atoms with E-state index in [-0.39, 0.29) is 28.7 Å². The first-order valence-corrected chi connectivity index (χ1v) is 9.83. The zero-order valence-corrected chi connectivity index (χ0v) is 17.7. The quantitative estimate of drug-likeness (QED) is 0.406. The van der Waals surface area contributed by atoms with Crippen LogP contribution in [-0.2, 0) is 10.8 Å². The molecule has 0 radical (unpaired) electrons. The van der Waals surface area contributed by atoms with Crippen LogP contribution in [0.3, 0.4) is 0 Å². The van der Waals surface area contributed by atoms with Gasteiger partial charge in [0.15, 0.2) is 5.96 Å². The molecule has 1 aliphatic heterocycles. The molecule has 0 spiro atoms. The summed E-state index contributed by atoms with van der Waals surface area (Å²) >= 11 is 5.93. The van der Waals surface area contributed by atoms with Crippen molar-refractivity contribution in [2.45, 2.75) is 17.6 Å². The summed E-state index contributed by atoms with van der Waals surface area (Å²) in [5.74, 6) is 0.581. The highest BCUT2D eigenvalue weighted by atomic mass is 127. The first kappa shape index (κ1) is 19.8. The lowest BCUT2D eigenvalue weighted by atomic mass is 10.2. The molecule has 1 heterocycles. The number of hydrogen-bond donors (Lipinski definition) is 1. The summed E-state index contributed by atoms with van der Waals surface area (Å²) in [6, 6.07) is 7.92. The van der Waals surface area contributed by atoms with E-state index in [1.165, 1.54) is 5.69 Å². The minimum Gasteiger partial charge on any atom is -0.370 e. The fourth-order valence-corrected chi connectivity index (χ4v) is 3.90. The Morgan fingerprint density at radius 1 is 1.25 bits per heavy atom. The molecule has 1 saturated carbocycles. The molecule has 0 bridgehead atoms. The van der Waals surface area contributed by atoms with Gasteiger partial charge in [-0.1, -0.05) is 11.6 Å². The van der Waals surface area contributed by atoms with Crippen molar-refractivity contribution in [3.05, 3.63) is 29.3 Å². The number of rotatable bonds is 4. The second kappa shape index (κ2) is 8.23. The number of halogens is 2. The summed E-state index contributed by atoms with van der Waals surface area (Å²) in [5.41, 5.74) is 7.31. The van der Waals surface area contributed by atoms with E-state index in [9.17, 15) is 4.21 Å². The van der Waals surface area contributed by atoms with Crippen molar-refractivity contribution in [1.29, 1.82) is 0 Å². The molecule has 1 saturated heterocycles. The summed E-state index contributed by atoms with van der Waals surface area (Å²) in [6.45, 7) is 4.09. The molecule has 3 rings (SSSR count). The van der Waals surface area contributed by atoms with Gasteiger partial charge in [-0.2, -0.15) is 0 Å². The minimum absolute atomic E-state index is 0. The second-order valence-electron chi connectivity index (χ2n) is 6.26. The number of hydrogen-bond acceptors (Lipinski definition) is 3. The predicted octanol–water partition coefficient (Wildman–Crippen LogP) is 2.31. The van der Waals surface area contributed by atoms with E-state index in [0.29, 0.717) is 12.5 Å². The van der Waals surface area contributed by atoms with E-state index in [4.69, 9.17) is 17.3 Å². The van der Waals surface area contributed by atoms with E-state index in [1.807, 2.05) is 24.3 Å². The maximum atomic E-state index is 11.7. The van der Waals surface area contributed by atoms with Gasteiger partial charge in [0.1, 0.15) is 0 Å². The monoisotopic (exact) mass is 482 g/mol. The van der Waals surface area contributed by atoms with Crippen LogP contribution in [0.5, 0.6) is 0 Å². The van der Waals surface area contributed by atoms with Crippen molar-refractivity contribution in [3.8, 4) is 0 Å². The lowest BCUT2D eigenvalue weighted by Crippen LogP contribution is -2.51. The van der Waals surface area contributed by atoms with Gasteiger partial charge in [-0.15, -0.1) is 24.0 Å². The molecule has 8 heteroatoms. The molecular weight excluding hydrogens is 459 g/mol. The summed E-state index contributed by atoms with van der Waals surface area (Å²) < 4.78 is 11.6. The van der Waals surface area contributed by atoms with E-state index in [1.54, 1.807) is 6.26 Å². The Hall–Kier alpha value is -0.540. The zero-order valence-electron chi connectivity index (χ0n) is 13.8. The zero-order chi connectivity index (χ0) is 16.4. The van der Waals surface area contributed by atoms with Crippen LogP contribution in [0.25, 0.3) is 0 Å².